The molecule has 0 aliphatic carbocycles. The summed E-state index contributed by atoms with van der Waals surface area (Å²) in [4.78, 5) is 6.05. The number of hydrogen-bond donors (Lipinski definition) is 0. The van der Waals surface area contributed by atoms with Crippen LogP contribution < -0.4 is 0 Å². The molecule has 2 nitrogen and oxygen atoms in total. The van der Waals surface area contributed by atoms with Crippen LogP contribution in [0.3, 0.4) is 0 Å². The van der Waals surface area contributed by atoms with Crippen LogP contribution in [0.5, 0.6) is 0 Å². The zero-order valence-corrected chi connectivity index (χ0v) is 18.3. The third-order valence-electron chi connectivity index (χ3n) is 8.35. The zero-order valence-electron chi connectivity index (χ0n) is 18.3. The van der Waals surface area contributed by atoms with E-state index in [9.17, 15) is 0 Å². The summed E-state index contributed by atoms with van der Waals surface area (Å²) in [5.41, 5.74) is 0.411. The number of nitrogens with zero attached hydrogens (tertiary/aromatic N) is 2. The van der Waals surface area contributed by atoms with Crippen LogP contribution in [0.15, 0.2) is 0 Å². The highest BCUT2D eigenvalue weighted by atomic mass is 15.5. The quantitative estimate of drug-likeness (QED) is 0.569. The van der Waals surface area contributed by atoms with Gasteiger partial charge in [0.15, 0.2) is 0 Å². The summed E-state index contributed by atoms with van der Waals surface area (Å²) in [5.74, 6) is 0.799. The molecule has 3 aliphatic rings. The zero-order chi connectivity index (χ0) is 18.6. The SMILES string of the molecule is CCC(C)C(C)(C)C1C2CCCCCCCN2C2CCCCCCCN21. The molecular formula is C24H46N2. The molecular weight excluding hydrogens is 316 g/mol. The van der Waals surface area contributed by atoms with Crippen LogP contribution in [-0.4, -0.2) is 41.1 Å². The molecule has 152 valence electrons. The molecule has 26 heavy (non-hydrogen) atoms. The molecule has 3 fully saturated rings. The Labute approximate surface area is 164 Å². The Kier molecular flexibility index (Phi) is 7.48. The fourth-order valence-electron chi connectivity index (χ4n) is 6.33. The lowest BCUT2D eigenvalue weighted by molar-refractivity contribution is 0.0414. The van der Waals surface area contributed by atoms with Gasteiger partial charge in [-0.15, -0.1) is 0 Å². The second-order valence-corrected chi connectivity index (χ2v) is 10.2. The van der Waals surface area contributed by atoms with Crippen molar-refractivity contribution in [2.75, 3.05) is 13.1 Å². The Morgan fingerprint density at radius 2 is 1.31 bits per heavy atom. The molecule has 0 aromatic carbocycles. The lowest BCUT2D eigenvalue weighted by Gasteiger charge is -2.45. The van der Waals surface area contributed by atoms with E-state index < -0.39 is 0 Å². The summed E-state index contributed by atoms with van der Waals surface area (Å²) >= 11 is 0. The summed E-state index contributed by atoms with van der Waals surface area (Å²) in [6.45, 7) is 12.8. The first-order valence-electron chi connectivity index (χ1n) is 12.1. The molecule has 0 radical (unpaired) electrons. The molecule has 2 heteroatoms. The Balaban J connectivity index is 1.93. The number of rotatable bonds is 3. The van der Waals surface area contributed by atoms with Gasteiger partial charge in [-0.2, -0.15) is 0 Å². The van der Waals surface area contributed by atoms with Gasteiger partial charge in [-0.1, -0.05) is 85.5 Å². The van der Waals surface area contributed by atoms with E-state index in [1.54, 1.807) is 0 Å². The van der Waals surface area contributed by atoms with Gasteiger partial charge in [0.05, 0.1) is 6.17 Å². The first-order valence-corrected chi connectivity index (χ1v) is 12.1. The minimum atomic E-state index is 0.411. The van der Waals surface area contributed by atoms with E-state index in [2.05, 4.69) is 37.5 Å². The smallest absolute Gasteiger partial charge is 0.0628 e. The van der Waals surface area contributed by atoms with Gasteiger partial charge in [0, 0.05) is 18.6 Å². The number of hydrogen-bond acceptors (Lipinski definition) is 2. The van der Waals surface area contributed by atoms with Crippen molar-refractivity contribution in [3.63, 3.8) is 0 Å². The van der Waals surface area contributed by atoms with Gasteiger partial charge < -0.3 is 0 Å². The van der Waals surface area contributed by atoms with Crippen molar-refractivity contribution in [3.8, 4) is 0 Å². The Morgan fingerprint density at radius 3 is 1.96 bits per heavy atom. The largest absolute Gasteiger partial charge is 0.283 e. The first-order chi connectivity index (χ1) is 12.6. The molecule has 3 saturated heterocycles. The minimum absolute atomic E-state index is 0.411. The third kappa shape index (κ3) is 4.32. The van der Waals surface area contributed by atoms with Crippen LogP contribution in [0, 0.1) is 11.3 Å². The van der Waals surface area contributed by atoms with Gasteiger partial charge in [0.2, 0.25) is 0 Å². The second kappa shape index (κ2) is 9.41. The van der Waals surface area contributed by atoms with Crippen LogP contribution in [0.1, 0.15) is 111 Å². The topological polar surface area (TPSA) is 6.48 Å². The fourth-order valence-corrected chi connectivity index (χ4v) is 6.33. The summed E-state index contributed by atoms with van der Waals surface area (Å²) in [6.07, 6.45) is 19.4. The van der Waals surface area contributed by atoms with Crippen LogP contribution in [0.4, 0.5) is 0 Å². The predicted molar refractivity (Wildman–Crippen MR) is 113 cm³/mol. The molecule has 3 heterocycles. The summed E-state index contributed by atoms with van der Waals surface area (Å²) in [6, 6.07) is 1.57. The van der Waals surface area contributed by atoms with Crippen LogP contribution in [0.2, 0.25) is 0 Å². The maximum atomic E-state index is 3.03. The molecule has 0 amide bonds. The van der Waals surface area contributed by atoms with Gasteiger partial charge >= 0.3 is 0 Å². The molecule has 0 N–H and O–H groups in total. The van der Waals surface area contributed by atoms with Gasteiger partial charge in [-0.25, -0.2) is 0 Å². The number of fused-ring (bicyclic) bond motifs is 3. The van der Waals surface area contributed by atoms with E-state index in [-0.39, 0.29) is 0 Å². The molecule has 0 aromatic rings. The first kappa shape index (κ1) is 20.6. The van der Waals surface area contributed by atoms with E-state index in [1.807, 2.05) is 0 Å². The Morgan fingerprint density at radius 1 is 0.769 bits per heavy atom. The highest BCUT2D eigenvalue weighted by Gasteiger charge is 2.52. The molecule has 0 aromatic heterocycles. The normalized spacial score (nSPS) is 34.4. The third-order valence-corrected chi connectivity index (χ3v) is 8.35. The highest BCUT2D eigenvalue weighted by molar-refractivity contribution is 5.05. The van der Waals surface area contributed by atoms with E-state index in [0.717, 1.165) is 24.2 Å². The molecule has 3 rings (SSSR count). The fraction of sp³-hybridized carbons (Fsp3) is 1.00. The second-order valence-electron chi connectivity index (χ2n) is 10.2. The Bertz CT molecular complexity index is 390. The lowest BCUT2D eigenvalue weighted by atomic mass is 9.69. The van der Waals surface area contributed by atoms with Crippen molar-refractivity contribution >= 4 is 0 Å². The standard InChI is InChI=1S/C24H46N2/c1-5-20(2)24(3,4)23-21-16-12-8-6-10-14-18-25(21)22-17-13-9-7-11-15-19-26(22)23/h20-23H,5-19H2,1-4H3. The monoisotopic (exact) mass is 362 g/mol. The molecule has 4 unspecified atom stereocenters. The molecule has 4 atom stereocenters. The van der Waals surface area contributed by atoms with E-state index >= 15 is 0 Å². The van der Waals surface area contributed by atoms with E-state index in [1.165, 1.54) is 96.6 Å². The maximum absolute atomic E-state index is 3.03. The van der Waals surface area contributed by atoms with Crippen LogP contribution in [0.25, 0.3) is 0 Å². The summed E-state index contributed by atoms with van der Waals surface area (Å²) < 4.78 is 0. The van der Waals surface area contributed by atoms with E-state index in [4.69, 9.17) is 0 Å². The molecule has 0 saturated carbocycles. The molecule has 0 bridgehead atoms. The van der Waals surface area contributed by atoms with Crippen molar-refractivity contribution in [2.24, 2.45) is 11.3 Å². The van der Waals surface area contributed by atoms with Gasteiger partial charge in [-0.3, -0.25) is 9.80 Å². The summed E-state index contributed by atoms with van der Waals surface area (Å²) in [5, 5.41) is 0. The van der Waals surface area contributed by atoms with Crippen LogP contribution >= 0.6 is 0 Å². The maximum Gasteiger partial charge on any atom is 0.0628 e. The van der Waals surface area contributed by atoms with Gasteiger partial charge in [0.1, 0.15) is 0 Å². The van der Waals surface area contributed by atoms with Crippen molar-refractivity contribution in [1.29, 1.82) is 0 Å². The van der Waals surface area contributed by atoms with Gasteiger partial charge in [0.25, 0.3) is 0 Å². The minimum Gasteiger partial charge on any atom is -0.283 e. The highest BCUT2D eigenvalue weighted by Crippen LogP contribution is 2.46. The van der Waals surface area contributed by atoms with E-state index in [0.29, 0.717) is 5.41 Å². The van der Waals surface area contributed by atoms with Crippen molar-refractivity contribution in [1.82, 2.24) is 9.80 Å². The Hall–Kier alpha value is -0.0800. The average molecular weight is 363 g/mol. The van der Waals surface area contributed by atoms with Crippen molar-refractivity contribution < 1.29 is 0 Å². The van der Waals surface area contributed by atoms with Gasteiger partial charge in [-0.05, 0) is 43.6 Å². The predicted octanol–water partition coefficient (Wildman–Crippen LogP) is 6.45. The average Bonchev–Trinajstić information content (AvgIpc) is 3.01. The van der Waals surface area contributed by atoms with Crippen molar-refractivity contribution in [2.45, 2.75) is 129 Å². The lowest BCUT2D eigenvalue weighted by Crippen LogP contribution is -2.51. The summed E-state index contributed by atoms with van der Waals surface area (Å²) in [7, 11) is 0. The van der Waals surface area contributed by atoms with Crippen molar-refractivity contribution in [3.05, 3.63) is 0 Å². The molecule has 3 aliphatic heterocycles. The molecule has 0 spiro atoms. The van der Waals surface area contributed by atoms with Crippen LogP contribution in [-0.2, 0) is 0 Å².